The number of hydrogen-bond acceptors (Lipinski definition) is 2. The summed E-state index contributed by atoms with van der Waals surface area (Å²) in [4.78, 5) is 0. The summed E-state index contributed by atoms with van der Waals surface area (Å²) >= 11 is 3.20. The van der Waals surface area contributed by atoms with Crippen molar-refractivity contribution >= 4 is 21.6 Å². The standard InChI is InChI=1S/C15H11BrF2N2/c1-9(13-4-2-11(16)7-14(13)18)20-15-5-3-12(17)6-10(15)8-19/h2-7,9,20H,1H3. The zero-order chi connectivity index (χ0) is 14.7. The Morgan fingerprint density at radius 3 is 2.60 bits per heavy atom. The van der Waals surface area contributed by atoms with Gasteiger partial charge in [-0.2, -0.15) is 5.26 Å². The molecule has 0 aromatic heterocycles. The molecule has 0 bridgehead atoms. The lowest BCUT2D eigenvalue weighted by Crippen LogP contribution is -2.09. The zero-order valence-corrected chi connectivity index (χ0v) is 12.2. The molecule has 0 saturated carbocycles. The number of nitriles is 1. The van der Waals surface area contributed by atoms with Crippen LogP contribution in [0.5, 0.6) is 0 Å². The molecule has 102 valence electrons. The summed E-state index contributed by atoms with van der Waals surface area (Å²) in [5.74, 6) is -0.824. The Morgan fingerprint density at radius 2 is 1.95 bits per heavy atom. The molecule has 2 rings (SSSR count). The number of hydrogen-bond donors (Lipinski definition) is 1. The predicted octanol–water partition coefficient (Wildman–Crippen LogP) is 4.77. The highest BCUT2D eigenvalue weighted by Gasteiger charge is 2.13. The van der Waals surface area contributed by atoms with Gasteiger partial charge in [0.1, 0.15) is 17.7 Å². The molecule has 0 radical (unpaired) electrons. The highest BCUT2D eigenvalue weighted by Crippen LogP contribution is 2.26. The quantitative estimate of drug-likeness (QED) is 0.876. The first-order valence-electron chi connectivity index (χ1n) is 5.92. The van der Waals surface area contributed by atoms with Crippen LogP contribution < -0.4 is 5.32 Å². The van der Waals surface area contributed by atoms with Crippen LogP contribution in [0.1, 0.15) is 24.1 Å². The van der Waals surface area contributed by atoms with Crippen molar-refractivity contribution in [2.45, 2.75) is 13.0 Å². The van der Waals surface area contributed by atoms with E-state index in [1.54, 1.807) is 19.1 Å². The fraction of sp³-hybridized carbons (Fsp3) is 0.133. The minimum absolute atomic E-state index is 0.189. The lowest BCUT2D eigenvalue weighted by atomic mass is 10.1. The monoisotopic (exact) mass is 336 g/mol. The molecule has 2 aromatic carbocycles. The van der Waals surface area contributed by atoms with Crippen LogP contribution in [0.3, 0.4) is 0 Å². The van der Waals surface area contributed by atoms with Crippen LogP contribution in [0.25, 0.3) is 0 Å². The summed E-state index contributed by atoms with van der Waals surface area (Å²) in [6.45, 7) is 1.77. The molecule has 0 aliphatic heterocycles. The Kier molecular flexibility index (Phi) is 4.35. The van der Waals surface area contributed by atoms with Gasteiger partial charge in [-0.25, -0.2) is 8.78 Å². The van der Waals surface area contributed by atoms with Crippen LogP contribution in [0.15, 0.2) is 40.9 Å². The van der Waals surface area contributed by atoms with Gasteiger partial charge in [0.2, 0.25) is 0 Å². The maximum Gasteiger partial charge on any atom is 0.129 e. The van der Waals surface area contributed by atoms with Gasteiger partial charge in [-0.3, -0.25) is 0 Å². The van der Waals surface area contributed by atoms with Gasteiger partial charge in [-0.05, 0) is 37.3 Å². The van der Waals surface area contributed by atoms with E-state index >= 15 is 0 Å². The molecule has 0 saturated heterocycles. The van der Waals surface area contributed by atoms with Gasteiger partial charge in [0.15, 0.2) is 0 Å². The molecule has 0 aliphatic rings. The molecule has 0 heterocycles. The SMILES string of the molecule is CC(Nc1ccc(F)cc1C#N)c1ccc(Br)cc1F. The molecule has 1 N–H and O–H groups in total. The second-order valence-electron chi connectivity index (χ2n) is 4.33. The smallest absolute Gasteiger partial charge is 0.129 e. The molecular formula is C15H11BrF2N2. The van der Waals surface area contributed by atoms with Crippen LogP contribution >= 0.6 is 15.9 Å². The number of nitrogens with zero attached hydrogens (tertiary/aromatic N) is 1. The third kappa shape index (κ3) is 3.14. The van der Waals surface area contributed by atoms with Crippen LogP contribution in [0.4, 0.5) is 14.5 Å². The van der Waals surface area contributed by atoms with Gasteiger partial charge in [-0.15, -0.1) is 0 Å². The fourth-order valence-electron chi connectivity index (χ4n) is 1.90. The largest absolute Gasteiger partial charge is 0.377 e. The van der Waals surface area contributed by atoms with Crippen molar-refractivity contribution < 1.29 is 8.78 Å². The van der Waals surface area contributed by atoms with E-state index in [4.69, 9.17) is 5.26 Å². The molecule has 1 atom stereocenters. The predicted molar refractivity (Wildman–Crippen MR) is 77.3 cm³/mol. The highest BCUT2D eigenvalue weighted by atomic mass is 79.9. The van der Waals surface area contributed by atoms with Gasteiger partial charge in [0.05, 0.1) is 17.3 Å². The summed E-state index contributed by atoms with van der Waals surface area (Å²) in [7, 11) is 0. The van der Waals surface area contributed by atoms with Crippen molar-refractivity contribution in [1.82, 2.24) is 0 Å². The molecule has 0 fully saturated rings. The van der Waals surface area contributed by atoms with Crippen LogP contribution in [0.2, 0.25) is 0 Å². The fourth-order valence-corrected chi connectivity index (χ4v) is 2.23. The van der Waals surface area contributed by atoms with E-state index in [1.165, 1.54) is 18.2 Å². The van der Waals surface area contributed by atoms with Crippen molar-refractivity contribution in [3.63, 3.8) is 0 Å². The Hall–Kier alpha value is -1.93. The molecule has 2 nitrogen and oxygen atoms in total. The number of anilines is 1. The maximum absolute atomic E-state index is 13.9. The molecule has 0 aliphatic carbocycles. The summed E-state index contributed by atoms with van der Waals surface area (Å²) < 4.78 is 27.6. The molecule has 20 heavy (non-hydrogen) atoms. The van der Waals surface area contributed by atoms with Crippen molar-refractivity contribution in [3.8, 4) is 6.07 Å². The van der Waals surface area contributed by atoms with E-state index in [9.17, 15) is 8.78 Å². The third-order valence-corrected chi connectivity index (χ3v) is 3.40. The lowest BCUT2D eigenvalue weighted by molar-refractivity contribution is 0.599. The molecule has 2 aromatic rings. The summed E-state index contributed by atoms with van der Waals surface area (Å²) in [5, 5.41) is 12.0. The highest BCUT2D eigenvalue weighted by molar-refractivity contribution is 9.10. The second-order valence-corrected chi connectivity index (χ2v) is 5.25. The van der Waals surface area contributed by atoms with E-state index in [0.717, 1.165) is 6.07 Å². The first-order chi connectivity index (χ1) is 9.51. The Labute approximate surface area is 124 Å². The minimum Gasteiger partial charge on any atom is -0.377 e. The van der Waals surface area contributed by atoms with Crippen LogP contribution in [-0.4, -0.2) is 0 Å². The Balaban J connectivity index is 2.28. The van der Waals surface area contributed by atoms with Gasteiger partial charge in [0, 0.05) is 10.0 Å². The summed E-state index contributed by atoms with van der Waals surface area (Å²) in [6.07, 6.45) is 0. The molecular weight excluding hydrogens is 326 g/mol. The average Bonchev–Trinajstić information content (AvgIpc) is 2.40. The zero-order valence-electron chi connectivity index (χ0n) is 10.6. The van der Waals surface area contributed by atoms with E-state index in [2.05, 4.69) is 21.2 Å². The van der Waals surface area contributed by atoms with Crippen molar-refractivity contribution in [3.05, 3.63) is 63.6 Å². The topological polar surface area (TPSA) is 35.8 Å². The van der Waals surface area contributed by atoms with E-state index in [0.29, 0.717) is 15.7 Å². The first kappa shape index (κ1) is 14.5. The number of nitrogens with one attached hydrogen (secondary N) is 1. The summed E-state index contributed by atoms with van der Waals surface area (Å²) in [6, 6.07) is 10.2. The lowest BCUT2D eigenvalue weighted by Gasteiger charge is -2.17. The number of rotatable bonds is 3. The second kappa shape index (κ2) is 6.02. The third-order valence-electron chi connectivity index (χ3n) is 2.90. The first-order valence-corrected chi connectivity index (χ1v) is 6.71. The van der Waals surface area contributed by atoms with E-state index in [-0.39, 0.29) is 17.4 Å². The minimum atomic E-state index is -0.477. The molecule has 1 unspecified atom stereocenters. The van der Waals surface area contributed by atoms with Gasteiger partial charge in [-0.1, -0.05) is 22.0 Å². The number of halogens is 3. The van der Waals surface area contributed by atoms with Gasteiger partial charge in [0.25, 0.3) is 0 Å². The summed E-state index contributed by atoms with van der Waals surface area (Å²) in [5.41, 5.74) is 1.14. The number of benzene rings is 2. The van der Waals surface area contributed by atoms with Crippen molar-refractivity contribution in [2.75, 3.05) is 5.32 Å². The Bertz CT molecular complexity index is 680. The van der Waals surface area contributed by atoms with Gasteiger partial charge >= 0.3 is 0 Å². The normalized spacial score (nSPS) is 11.8. The maximum atomic E-state index is 13.9. The van der Waals surface area contributed by atoms with Crippen LogP contribution in [-0.2, 0) is 0 Å². The van der Waals surface area contributed by atoms with Gasteiger partial charge < -0.3 is 5.32 Å². The molecule has 0 spiro atoms. The molecule has 0 amide bonds. The van der Waals surface area contributed by atoms with E-state index in [1.807, 2.05) is 6.07 Å². The van der Waals surface area contributed by atoms with Crippen molar-refractivity contribution in [1.29, 1.82) is 5.26 Å². The molecule has 5 heteroatoms. The van der Waals surface area contributed by atoms with Crippen LogP contribution in [0, 0.1) is 23.0 Å². The Morgan fingerprint density at radius 1 is 1.20 bits per heavy atom. The average molecular weight is 337 g/mol. The van der Waals surface area contributed by atoms with Crippen molar-refractivity contribution in [2.24, 2.45) is 0 Å². The van der Waals surface area contributed by atoms with E-state index < -0.39 is 5.82 Å².